The predicted octanol–water partition coefficient (Wildman–Crippen LogP) is 7.33. The van der Waals surface area contributed by atoms with Crippen molar-refractivity contribution in [1.82, 2.24) is 4.57 Å². The Morgan fingerprint density at radius 2 is 1.61 bits per heavy atom. The number of anilines is 1. The first-order valence-corrected chi connectivity index (χ1v) is 14.2. The smallest absolute Gasteiger partial charge is 0.255 e. The van der Waals surface area contributed by atoms with Crippen molar-refractivity contribution in [2.75, 3.05) is 5.32 Å². The molecule has 5 heteroatoms. The summed E-state index contributed by atoms with van der Waals surface area (Å²) in [5.41, 5.74) is 9.00. The number of carbonyl (C=O) groups is 2. The molecule has 0 saturated carbocycles. The number of amides is 1. The van der Waals surface area contributed by atoms with Gasteiger partial charge in [0.2, 0.25) is 0 Å². The second-order valence-corrected chi connectivity index (χ2v) is 11.9. The number of aryl methyl sites for hydroxylation is 2. The number of carbonyl (C=O) groups excluding carboxylic acids is 2. The molecule has 3 aromatic carbocycles. The summed E-state index contributed by atoms with van der Waals surface area (Å²) in [6, 6.07) is 21.6. The van der Waals surface area contributed by atoms with Crippen molar-refractivity contribution in [3.05, 3.63) is 122 Å². The number of nitrogens with one attached hydrogen (secondary N) is 1. The summed E-state index contributed by atoms with van der Waals surface area (Å²) in [5, 5.41) is 3.07. The molecule has 0 fully saturated rings. The Kier molecular flexibility index (Phi) is 8.77. The third kappa shape index (κ3) is 6.91. The Hall–Kier alpha value is -4.25. The van der Waals surface area contributed by atoms with E-state index in [1.807, 2.05) is 93.7 Å². The van der Waals surface area contributed by atoms with E-state index in [4.69, 9.17) is 0 Å². The molecule has 4 aromatic rings. The Labute approximate surface area is 243 Å². The summed E-state index contributed by atoms with van der Waals surface area (Å²) < 4.78 is 1.61. The summed E-state index contributed by atoms with van der Waals surface area (Å²) in [7, 11) is 1.76. The molecule has 0 spiro atoms. The number of Topliss-reactive ketones (excluding diaryl/α,β-unsaturated/α-hetero) is 1. The van der Waals surface area contributed by atoms with Crippen molar-refractivity contribution in [3.8, 4) is 11.1 Å². The van der Waals surface area contributed by atoms with Gasteiger partial charge in [0.15, 0.2) is 0 Å². The number of aromatic nitrogens is 1. The minimum Gasteiger partial charge on any atom is -0.322 e. The van der Waals surface area contributed by atoms with Crippen LogP contribution in [0.2, 0.25) is 0 Å². The van der Waals surface area contributed by atoms with Crippen LogP contribution in [0, 0.1) is 13.8 Å². The van der Waals surface area contributed by atoms with Crippen molar-refractivity contribution >= 4 is 17.4 Å². The van der Waals surface area contributed by atoms with Gasteiger partial charge < -0.3 is 9.88 Å². The molecule has 0 aliphatic rings. The van der Waals surface area contributed by atoms with Gasteiger partial charge >= 0.3 is 0 Å². The van der Waals surface area contributed by atoms with E-state index in [2.05, 4.69) is 26.1 Å². The van der Waals surface area contributed by atoms with E-state index in [1.54, 1.807) is 11.6 Å². The summed E-state index contributed by atoms with van der Waals surface area (Å²) in [6.07, 6.45) is 3.22. The van der Waals surface area contributed by atoms with Crippen LogP contribution in [-0.4, -0.2) is 16.3 Å². The lowest BCUT2D eigenvalue weighted by Crippen LogP contribution is -2.21. The van der Waals surface area contributed by atoms with Crippen LogP contribution in [0.15, 0.2) is 77.7 Å². The zero-order valence-electron chi connectivity index (χ0n) is 25.2. The fourth-order valence-electron chi connectivity index (χ4n) is 5.04. The van der Waals surface area contributed by atoms with Crippen molar-refractivity contribution in [2.24, 2.45) is 7.05 Å². The molecule has 0 atom stereocenters. The van der Waals surface area contributed by atoms with Gasteiger partial charge in [-0.3, -0.25) is 14.4 Å². The molecule has 212 valence electrons. The molecule has 0 aliphatic heterocycles. The number of nitrogens with zero attached hydrogens (tertiary/aromatic N) is 1. The monoisotopic (exact) mass is 548 g/mol. The number of ketones is 1. The van der Waals surface area contributed by atoms with Gasteiger partial charge in [0.25, 0.3) is 11.5 Å². The molecule has 4 rings (SSSR count). The maximum Gasteiger partial charge on any atom is 0.255 e. The Bertz CT molecular complexity index is 1650. The lowest BCUT2D eigenvalue weighted by molar-refractivity contribution is -0.118. The van der Waals surface area contributed by atoms with E-state index >= 15 is 0 Å². The third-order valence-electron chi connectivity index (χ3n) is 7.75. The highest BCUT2D eigenvalue weighted by Crippen LogP contribution is 2.30. The first-order chi connectivity index (χ1) is 19.4. The third-order valence-corrected chi connectivity index (χ3v) is 7.75. The van der Waals surface area contributed by atoms with E-state index in [0.29, 0.717) is 30.4 Å². The minimum atomic E-state index is -0.163. The maximum absolute atomic E-state index is 13.1. The van der Waals surface area contributed by atoms with Crippen LogP contribution in [0.4, 0.5) is 5.69 Å². The number of hydrogen-bond donors (Lipinski definition) is 1. The van der Waals surface area contributed by atoms with Gasteiger partial charge in [-0.2, -0.15) is 0 Å². The molecule has 0 radical (unpaired) electrons. The van der Waals surface area contributed by atoms with Gasteiger partial charge in [0, 0.05) is 49.3 Å². The number of rotatable bonds is 8. The number of pyridine rings is 1. The SMILES string of the molecule is CCC(=O)Cc1cc(Cc2cc(-c3cccc(NC(=O)c4ccc(C(C)(C)C)cc4)c3C)cn(C)c2=O)ccc1C. The molecule has 0 bridgehead atoms. The molecule has 1 N–H and O–H groups in total. The average Bonchev–Trinajstić information content (AvgIpc) is 2.93. The van der Waals surface area contributed by atoms with Gasteiger partial charge in [-0.1, -0.05) is 70.2 Å². The van der Waals surface area contributed by atoms with Crippen LogP contribution in [0.5, 0.6) is 0 Å². The van der Waals surface area contributed by atoms with Gasteiger partial charge in [0.05, 0.1) is 0 Å². The fraction of sp³-hybridized carbons (Fsp3) is 0.306. The molecular formula is C36H40N2O3. The molecule has 1 aromatic heterocycles. The summed E-state index contributed by atoms with van der Waals surface area (Å²) in [4.78, 5) is 38.3. The van der Waals surface area contributed by atoms with Crippen LogP contribution in [0.3, 0.4) is 0 Å². The van der Waals surface area contributed by atoms with E-state index < -0.39 is 0 Å². The Morgan fingerprint density at radius 3 is 2.27 bits per heavy atom. The van der Waals surface area contributed by atoms with Crippen LogP contribution in [0.25, 0.3) is 11.1 Å². The normalized spacial score (nSPS) is 11.4. The standard InChI is InChI=1S/C36H40N2O3/c1-8-31(39)21-27-18-25(13-12-23(27)2)19-28-20-29(22-38(7)35(28)41)32-10-9-11-33(24(32)3)37-34(40)26-14-16-30(17-15-26)36(4,5)6/h9-18,20,22H,8,19,21H2,1-7H3,(H,37,40). The minimum absolute atomic E-state index is 0.0183. The predicted molar refractivity (Wildman–Crippen MR) is 168 cm³/mol. The highest BCUT2D eigenvalue weighted by Gasteiger charge is 2.16. The molecule has 1 heterocycles. The molecule has 0 aliphatic carbocycles. The molecule has 41 heavy (non-hydrogen) atoms. The van der Waals surface area contributed by atoms with Gasteiger partial charge in [-0.05, 0) is 82.5 Å². The number of benzene rings is 3. The zero-order valence-corrected chi connectivity index (χ0v) is 25.2. The quantitative estimate of drug-likeness (QED) is 0.251. The Balaban J connectivity index is 1.62. The molecular weight excluding hydrogens is 508 g/mol. The Morgan fingerprint density at radius 1 is 0.902 bits per heavy atom. The topological polar surface area (TPSA) is 68.2 Å². The van der Waals surface area contributed by atoms with Crippen molar-refractivity contribution < 1.29 is 9.59 Å². The van der Waals surface area contributed by atoms with Crippen LogP contribution >= 0.6 is 0 Å². The molecule has 1 amide bonds. The first-order valence-electron chi connectivity index (χ1n) is 14.2. The van der Waals surface area contributed by atoms with Gasteiger partial charge in [-0.25, -0.2) is 0 Å². The molecule has 0 saturated heterocycles. The summed E-state index contributed by atoms with van der Waals surface area (Å²) >= 11 is 0. The van der Waals surface area contributed by atoms with Crippen LogP contribution < -0.4 is 10.9 Å². The lowest BCUT2D eigenvalue weighted by atomic mass is 9.86. The van der Waals surface area contributed by atoms with Crippen molar-refractivity contribution in [2.45, 2.75) is 66.2 Å². The maximum atomic E-state index is 13.1. The first kappa shape index (κ1) is 29.7. The highest BCUT2D eigenvalue weighted by molar-refractivity contribution is 6.05. The van der Waals surface area contributed by atoms with E-state index in [-0.39, 0.29) is 22.7 Å². The number of hydrogen-bond acceptors (Lipinski definition) is 3. The largest absolute Gasteiger partial charge is 0.322 e. The van der Waals surface area contributed by atoms with Crippen molar-refractivity contribution in [1.29, 1.82) is 0 Å². The summed E-state index contributed by atoms with van der Waals surface area (Å²) in [5.74, 6) is 0.0381. The van der Waals surface area contributed by atoms with Crippen LogP contribution in [0.1, 0.15) is 77.9 Å². The molecule has 5 nitrogen and oxygen atoms in total. The van der Waals surface area contributed by atoms with Crippen molar-refractivity contribution in [3.63, 3.8) is 0 Å². The second kappa shape index (κ2) is 12.1. The summed E-state index contributed by atoms with van der Waals surface area (Å²) in [6.45, 7) is 12.3. The highest BCUT2D eigenvalue weighted by atomic mass is 16.1. The van der Waals surface area contributed by atoms with E-state index in [0.717, 1.165) is 39.1 Å². The fourth-order valence-corrected chi connectivity index (χ4v) is 5.04. The van der Waals surface area contributed by atoms with Gasteiger partial charge in [-0.15, -0.1) is 0 Å². The average molecular weight is 549 g/mol. The zero-order chi connectivity index (χ0) is 29.9. The van der Waals surface area contributed by atoms with Crippen LogP contribution in [-0.2, 0) is 30.1 Å². The van der Waals surface area contributed by atoms with E-state index in [1.165, 1.54) is 5.56 Å². The van der Waals surface area contributed by atoms with Gasteiger partial charge in [0.1, 0.15) is 5.78 Å². The molecule has 0 unspecified atom stereocenters. The second-order valence-electron chi connectivity index (χ2n) is 11.9. The lowest BCUT2D eigenvalue weighted by Gasteiger charge is -2.19. The van der Waals surface area contributed by atoms with E-state index in [9.17, 15) is 14.4 Å².